The summed E-state index contributed by atoms with van der Waals surface area (Å²) in [7, 11) is 0. The molecule has 3 unspecified atom stereocenters. The molecule has 0 bridgehead atoms. The van der Waals surface area contributed by atoms with Gasteiger partial charge >= 0.3 is 5.97 Å². The maximum absolute atomic E-state index is 11.8. The zero-order chi connectivity index (χ0) is 13.2. The largest absolute Gasteiger partial charge is 0.481 e. The maximum atomic E-state index is 11.8. The van der Waals surface area contributed by atoms with Gasteiger partial charge in [-0.05, 0) is 40.5 Å². The summed E-state index contributed by atoms with van der Waals surface area (Å²) < 4.78 is 0. The predicted octanol–water partition coefficient (Wildman–Crippen LogP) is 0.742. The van der Waals surface area contributed by atoms with Crippen LogP contribution < -0.4 is 10.6 Å². The van der Waals surface area contributed by atoms with E-state index in [-0.39, 0.29) is 29.4 Å². The number of amides is 1. The van der Waals surface area contributed by atoms with Crippen molar-refractivity contribution < 1.29 is 14.7 Å². The van der Waals surface area contributed by atoms with Gasteiger partial charge in [0, 0.05) is 11.6 Å². The molecule has 0 heterocycles. The minimum absolute atomic E-state index is 0.0757. The first-order valence-corrected chi connectivity index (χ1v) is 6.01. The van der Waals surface area contributed by atoms with E-state index in [1.165, 1.54) is 0 Å². The Morgan fingerprint density at radius 1 is 1.29 bits per heavy atom. The molecule has 1 aliphatic carbocycles. The summed E-state index contributed by atoms with van der Waals surface area (Å²) in [6.45, 7) is 7.52. The second-order valence-electron chi connectivity index (χ2n) is 5.76. The van der Waals surface area contributed by atoms with E-state index in [0.29, 0.717) is 6.42 Å². The van der Waals surface area contributed by atoms with Gasteiger partial charge < -0.3 is 15.7 Å². The van der Waals surface area contributed by atoms with E-state index in [4.69, 9.17) is 5.11 Å². The third-order valence-corrected chi connectivity index (χ3v) is 2.95. The van der Waals surface area contributed by atoms with Crippen molar-refractivity contribution in [3.05, 3.63) is 0 Å². The molecular weight excluding hydrogens is 220 g/mol. The van der Waals surface area contributed by atoms with Crippen molar-refractivity contribution in [2.45, 2.75) is 58.2 Å². The fraction of sp³-hybridized carbons (Fsp3) is 0.833. The Labute approximate surface area is 102 Å². The van der Waals surface area contributed by atoms with Crippen molar-refractivity contribution in [3.63, 3.8) is 0 Å². The Bertz CT molecular complexity index is 309. The van der Waals surface area contributed by atoms with Gasteiger partial charge in [0.25, 0.3) is 0 Å². The standard InChI is InChI=1S/C12H22N2O3/c1-7(10(15)14-12(2,3)4)13-9-6-5-8(9)11(16)17/h7-9,13H,5-6H2,1-4H3,(H,14,15)(H,16,17). The van der Waals surface area contributed by atoms with Crippen LogP contribution in [-0.4, -0.2) is 34.6 Å². The molecule has 3 atom stereocenters. The van der Waals surface area contributed by atoms with Crippen LogP contribution >= 0.6 is 0 Å². The lowest BCUT2D eigenvalue weighted by molar-refractivity contribution is -0.146. The average Bonchev–Trinajstić information content (AvgIpc) is 2.07. The average molecular weight is 242 g/mol. The molecule has 0 radical (unpaired) electrons. The summed E-state index contributed by atoms with van der Waals surface area (Å²) in [4.78, 5) is 22.6. The van der Waals surface area contributed by atoms with Gasteiger partial charge in [-0.1, -0.05) is 0 Å². The second kappa shape index (κ2) is 5.04. The van der Waals surface area contributed by atoms with Crippen molar-refractivity contribution in [1.82, 2.24) is 10.6 Å². The number of carboxylic acids is 1. The zero-order valence-corrected chi connectivity index (χ0v) is 10.9. The number of nitrogens with one attached hydrogen (secondary N) is 2. The molecule has 1 aliphatic rings. The third kappa shape index (κ3) is 4.00. The Morgan fingerprint density at radius 3 is 2.24 bits per heavy atom. The van der Waals surface area contributed by atoms with Crippen molar-refractivity contribution in [2.75, 3.05) is 0 Å². The zero-order valence-electron chi connectivity index (χ0n) is 10.9. The molecule has 0 aromatic rings. The molecule has 0 spiro atoms. The van der Waals surface area contributed by atoms with Crippen LogP contribution in [0.25, 0.3) is 0 Å². The molecule has 98 valence electrons. The molecule has 5 nitrogen and oxygen atoms in total. The van der Waals surface area contributed by atoms with Gasteiger partial charge in [0.15, 0.2) is 0 Å². The van der Waals surface area contributed by atoms with Crippen LogP contribution in [0.15, 0.2) is 0 Å². The first kappa shape index (κ1) is 14.0. The van der Waals surface area contributed by atoms with Crippen LogP contribution in [0.1, 0.15) is 40.5 Å². The van der Waals surface area contributed by atoms with Crippen LogP contribution in [0, 0.1) is 5.92 Å². The van der Waals surface area contributed by atoms with Gasteiger partial charge in [0.2, 0.25) is 5.91 Å². The van der Waals surface area contributed by atoms with Crippen LogP contribution in [0.4, 0.5) is 0 Å². The van der Waals surface area contributed by atoms with Gasteiger partial charge in [0.1, 0.15) is 0 Å². The molecule has 5 heteroatoms. The fourth-order valence-corrected chi connectivity index (χ4v) is 1.87. The molecule has 17 heavy (non-hydrogen) atoms. The molecule has 0 aliphatic heterocycles. The van der Waals surface area contributed by atoms with E-state index in [0.717, 1.165) is 6.42 Å². The summed E-state index contributed by atoms with van der Waals surface area (Å²) in [5.41, 5.74) is -0.265. The van der Waals surface area contributed by atoms with Gasteiger partial charge in [-0.15, -0.1) is 0 Å². The smallest absolute Gasteiger partial charge is 0.308 e. The van der Waals surface area contributed by atoms with Crippen molar-refractivity contribution >= 4 is 11.9 Å². The molecule has 1 fully saturated rings. The Kier molecular flexibility index (Phi) is 4.14. The summed E-state index contributed by atoms with van der Waals surface area (Å²) in [5, 5.41) is 14.8. The van der Waals surface area contributed by atoms with Gasteiger partial charge in [0.05, 0.1) is 12.0 Å². The van der Waals surface area contributed by atoms with Crippen molar-refractivity contribution in [1.29, 1.82) is 0 Å². The fourth-order valence-electron chi connectivity index (χ4n) is 1.87. The van der Waals surface area contributed by atoms with Crippen LogP contribution in [-0.2, 0) is 9.59 Å². The third-order valence-electron chi connectivity index (χ3n) is 2.95. The number of rotatable bonds is 4. The molecule has 1 saturated carbocycles. The molecule has 3 N–H and O–H groups in total. The molecule has 0 saturated heterocycles. The van der Waals surface area contributed by atoms with E-state index < -0.39 is 5.97 Å². The lowest BCUT2D eigenvalue weighted by atomic mass is 9.79. The second-order valence-corrected chi connectivity index (χ2v) is 5.76. The Balaban J connectivity index is 2.42. The Hall–Kier alpha value is -1.10. The molecule has 1 rings (SSSR count). The van der Waals surface area contributed by atoms with Crippen molar-refractivity contribution in [2.24, 2.45) is 5.92 Å². The Morgan fingerprint density at radius 2 is 1.88 bits per heavy atom. The van der Waals surface area contributed by atoms with Crippen LogP contribution in [0.3, 0.4) is 0 Å². The van der Waals surface area contributed by atoms with E-state index in [9.17, 15) is 9.59 Å². The first-order chi connectivity index (χ1) is 7.70. The normalized spacial score (nSPS) is 25.9. The van der Waals surface area contributed by atoms with Crippen molar-refractivity contribution in [3.8, 4) is 0 Å². The van der Waals surface area contributed by atoms with Crippen LogP contribution in [0.5, 0.6) is 0 Å². The van der Waals surface area contributed by atoms with Gasteiger partial charge in [-0.2, -0.15) is 0 Å². The molecule has 0 aromatic carbocycles. The number of carbonyl (C=O) groups excluding carboxylic acids is 1. The monoisotopic (exact) mass is 242 g/mol. The molecule has 0 aromatic heterocycles. The van der Waals surface area contributed by atoms with Crippen LogP contribution in [0.2, 0.25) is 0 Å². The van der Waals surface area contributed by atoms with Gasteiger partial charge in [-0.25, -0.2) is 0 Å². The number of carbonyl (C=O) groups is 2. The number of hydrogen-bond acceptors (Lipinski definition) is 3. The minimum Gasteiger partial charge on any atom is -0.481 e. The quantitative estimate of drug-likeness (QED) is 0.679. The van der Waals surface area contributed by atoms with E-state index in [1.54, 1.807) is 6.92 Å². The van der Waals surface area contributed by atoms with E-state index in [2.05, 4.69) is 10.6 Å². The van der Waals surface area contributed by atoms with E-state index in [1.807, 2.05) is 20.8 Å². The minimum atomic E-state index is -0.780. The highest BCUT2D eigenvalue weighted by molar-refractivity contribution is 5.82. The molecule has 1 amide bonds. The molecular formula is C12H22N2O3. The van der Waals surface area contributed by atoms with E-state index >= 15 is 0 Å². The summed E-state index contributed by atoms with van der Waals surface area (Å²) in [5.74, 6) is -1.22. The number of hydrogen-bond donors (Lipinski definition) is 3. The van der Waals surface area contributed by atoms with Gasteiger partial charge in [-0.3, -0.25) is 9.59 Å². The highest BCUT2D eigenvalue weighted by Gasteiger charge is 2.38. The number of carboxylic acid groups (broad SMARTS) is 1. The first-order valence-electron chi connectivity index (χ1n) is 6.01. The highest BCUT2D eigenvalue weighted by Crippen LogP contribution is 2.27. The summed E-state index contributed by atoms with van der Waals surface area (Å²) in [6, 6.07) is -0.436. The lowest BCUT2D eigenvalue weighted by Gasteiger charge is -2.36. The number of aliphatic carboxylic acids is 1. The highest BCUT2D eigenvalue weighted by atomic mass is 16.4. The topological polar surface area (TPSA) is 78.4 Å². The summed E-state index contributed by atoms with van der Waals surface area (Å²) in [6.07, 6.45) is 1.52. The predicted molar refractivity (Wildman–Crippen MR) is 64.6 cm³/mol. The summed E-state index contributed by atoms with van der Waals surface area (Å²) >= 11 is 0. The maximum Gasteiger partial charge on any atom is 0.308 e. The lowest BCUT2D eigenvalue weighted by Crippen LogP contribution is -2.56. The SMILES string of the molecule is CC(NC1CCC1C(=O)O)C(=O)NC(C)(C)C.